The zero-order valence-electron chi connectivity index (χ0n) is 14.1. The molecule has 8 nitrogen and oxygen atoms in total. The predicted molar refractivity (Wildman–Crippen MR) is 96.7 cm³/mol. The fraction of sp³-hybridized carbons (Fsp3) is 0.294. The maximum absolute atomic E-state index is 12.8. The number of pyridine rings is 1. The molecule has 0 N–H and O–H groups in total. The molecule has 1 fully saturated rings. The highest BCUT2D eigenvalue weighted by molar-refractivity contribution is 7.79. The summed E-state index contributed by atoms with van der Waals surface area (Å²) in [5.41, 5.74) is 0.443. The van der Waals surface area contributed by atoms with Crippen LogP contribution in [0.1, 0.15) is 40.9 Å². The van der Waals surface area contributed by atoms with Crippen molar-refractivity contribution in [2.45, 2.75) is 30.2 Å². The van der Waals surface area contributed by atoms with Crippen LogP contribution < -0.4 is 0 Å². The van der Waals surface area contributed by atoms with E-state index in [1.54, 1.807) is 11.0 Å². The smallest absolute Gasteiger partial charge is 0.264 e. The number of nitrogens with zero attached hydrogens (tertiary/aromatic N) is 4. The Morgan fingerprint density at radius 3 is 3.04 bits per heavy atom. The summed E-state index contributed by atoms with van der Waals surface area (Å²) in [5.74, 6) is 0.557. The van der Waals surface area contributed by atoms with Gasteiger partial charge in [0.2, 0.25) is 11.7 Å². The SMILES string of the molecule is O=C(c1cccs1)N1CCCCC1c1nc(-c2cncc(S(=O)[O-])c2)no1. The van der Waals surface area contributed by atoms with Crippen LogP contribution in [0, 0.1) is 0 Å². The first kappa shape index (κ1) is 18.0. The third-order valence-corrected chi connectivity index (χ3v) is 5.85. The second-order valence-corrected chi connectivity index (χ2v) is 7.98. The van der Waals surface area contributed by atoms with E-state index in [1.807, 2.05) is 11.4 Å². The van der Waals surface area contributed by atoms with Gasteiger partial charge in [0, 0.05) is 29.4 Å². The average molecular weight is 403 g/mol. The Morgan fingerprint density at radius 2 is 2.26 bits per heavy atom. The van der Waals surface area contributed by atoms with Gasteiger partial charge < -0.3 is 14.0 Å². The number of piperidine rings is 1. The number of likely N-dealkylation sites (tertiary alicyclic amines) is 1. The van der Waals surface area contributed by atoms with Crippen LogP contribution in [0.3, 0.4) is 0 Å². The zero-order valence-corrected chi connectivity index (χ0v) is 15.7. The molecule has 0 saturated carbocycles. The minimum atomic E-state index is -2.39. The Bertz CT molecular complexity index is 973. The number of hydrogen-bond acceptors (Lipinski definition) is 8. The number of hydrogen-bond donors (Lipinski definition) is 0. The van der Waals surface area contributed by atoms with Crippen molar-refractivity contribution in [1.29, 1.82) is 0 Å². The molecule has 0 aliphatic carbocycles. The minimum absolute atomic E-state index is 0.0418. The second-order valence-electron chi connectivity index (χ2n) is 6.09. The van der Waals surface area contributed by atoms with E-state index in [4.69, 9.17) is 4.52 Å². The van der Waals surface area contributed by atoms with Gasteiger partial charge in [-0.1, -0.05) is 11.2 Å². The summed E-state index contributed by atoms with van der Waals surface area (Å²) in [6.07, 6.45) is 5.34. The topological polar surface area (TPSA) is 112 Å². The van der Waals surface area contributed by atoms with Crippen molar-refractivity contribution in [2.24, 2.45) is 0 Å². The standard InChI is InChI=1S/C17H16N4O4S2/c22-17(14-5-3-7-26-14)21-6-2-1-4-13(21)16-19-15(20-25-16)11-8-12(27(23)24)10-18-9-11/h3,5,7-10,13H,1-2,4,6H2,(H,23,24)/p-1. The Hall–Kier alpha value is -2.43. The largest absolute Gasteiger partial charge is 0.768 e. The zero-order chi connectivity index (χ0) is 18.8. The van der Waals surface area contributed by atoms with Gasteiger partial charge in [0.1, 0.15) is 6.04 Å². The molecule has 4 heterocycles. The summed E-state index contributed by atoms with van der Waals surface area (Å²) < 4.78 is 27.7. The van der Waals surface area contributed by atoms with Gasteiger partial charge in [0.15, 0.2) is 0 Å². The van der Waals surface area contributed by atoms with E-state index in [9.17, 15) is 13.6 Å². The Morgan fingerprint density at radius 1 is 1.37 bits per heavy atom. The van der Waals surface area contributed by atoms with Gasteiger partial charge in [-0.05, 0) is 47.9 Å². The van der Waals surface area contributed by atoms with Gasteiger partial charge in [-0.15, -0.1) is 11.3 Å². The Labute approximate surface area is 161 Å². The van der Waals surface area contributed by atoms with Gasteiger partial charge >= 0.3 is 0 Å². The number of rotatable bonds is 4. The minimum Gasteiger partial charge on any atom is -0.768 e. The van der Waals surface area contributed by atoms with Crippen LogP contribution in [0.25, 0.3) is 11.4 Å². The molecule has 1 aliphatic heterocycles. The third-order valence-electron chi connectivity index (χ3n) is 4.39. The highest BCUT2D eigenvalue weighted by Crippen LogP contribution is 2.33. The molecule has 0 aromatic carbocycles. The van der Waals surface area contributed by atoms with Crippen molar-refractivity contribution in [3.8, 4) is 11.4 Å². The molecule has 3 aromatic heterocycles. The van der Waals surface area contributed by atoms with Crippen LogP contribution in [0.15, 0.2) is 45.4 Å². The molecule has 0 radical (unpaired) electrons. The van der Waals surface area contributed by atoms with Crippen molar-refractivity contribution >= 4 is 28.3 Å². The number of carbonyl (C=O) groups is 1. The predicted octanol–water partition coefficient (Wildman–Crippen LogP) is 2.80. The van der Waals surface area contributed by atoms with E-state index in [0.717, 1.165) is 19.3 Å². The van der Waals surface area contributed by atoms with E-state index in [2.05, 4.69) is 15.1 Å². The molecule has 1 amide bonds. The van der Waals surface area contributed by atoms with Gasteiger partial charge in [0.05, 0.1) is 4.88 Å². The van der Waals surface area contributed by atoms with Crippen molar-refractivity contribution in [1.82, 2.24) is 20.0 Å². The highest BCUT2D eigenvalue weighted by atomic mass is 32.2. The number of thiophene rings is 1. The molecule has 2 unspecified atom stereocenters. The first-order valence-electron chi connectivity index (χ1n) is 8.36. The molecular formula is C17H15N4O4S2-. The van der Waals surface area contributed by atoms with Gasteiger partial charge in [-0.3, -0.25) is 14.0 Å². The average Bonchev–Trinajstić information content (AvgIpc) is 3.40. The second kappa shape index (κ2) is 7.67. The summed E-state index contributed by atoms with van der Waals surface area (Å²) in [7, 11) is 0. The summed E-state index contributed by atoms with van der Waals surface area (Å²) >= 11 is -0.986. The van der Waals surface area contributed by atoms with E-state index in [-0.39, 0.29) is 22.7 Å². The lowest BCUT2D eigenvalue weighted by Gasteiger charge is -2.33. The molecule has 0 spiro atoms. The summed E-state index contributed by atoms with van der Waals surface area (Å²) in [6.45, 7) is 0.630. The Balaban J connectivity index is 1.62. The summed E-state index contributed by atoms with van der Waals surface area (Å²) in [6, 6.07) is 4.79. The monoisotopic (exact) mass is 403 g/mol. The van der Waals surface area contributed by atoms with Gasteiger partial charge in [0.25, 0.3) is 5.91 Å². The van der Waals surface area contributed by atoms with Crippen LogP contribution in [-0.4, -0.2) is 41.2 Å². The molecular weight excluding hydrogens is 388 g/mol. The normalized spacial score (nSPS) is 18.4. The van der Waals surface area contributed by atoms with E-state index >= 15 is 0 Å². The Kier molecular flexibility index (Phi) is 5.10. The number of carbonyl (C=O) groups excluding carboxylic acids is 1. The maximum Gasteiger partial charge on any atom is 0.264 e. The molecule has 0 bridgehead atoms. The molecule has 27 heavy (non-hydrogen) atoms. The molecule has 3 aromatic rings. The molecule has 4 rings (SSSR count). The van der Waals surface area contributed by atoms with Gasteiger partial charge in [-0.2, -0.15) is 4.98 Å². The number of aromatic nitrogens is 3. The van der Waals surface area contributed by atoms with Crippen LogP contribution in [0.5, 0.6) is 0 Å². The first-order valence-corrected chi connectivity index (χ1v) is 10.3. The van der Waals surface area contributed by atoms with Crippen LogP contribution in [-0.2, 0) is 11.1 Å². The molecule has 2 atom stereocenters. The molecule has 1 aliphatic rings. The lowest BCUT2D eigenvalue weighted by atomic mass is 10.0. The van der Waals surface area contributed by atoms with E-state index in [1.165, 1.54) is 29.8 Å². The highest BCUT2D eigenvalue weighted by Gasteiger charge is 2.33. The number of amides is 1. The molecule has 10 heteroatoms. The van der Waals surface area contributed by atoms with Crippen molar-refractivity contribution in [2.75, 3.05) is 6.54 Å². The van der Waals surface area contributed by atoms with Crippen molar-refractivity contribution in [3.05, 3.63) is 46.7 Å². The van der Waals surface area contributed by atoms with Crippen LogP contribution in [0.2, 0.25) is 0 Å². The third kappa shape index (κ3) is 3.68. The van der Waals surface area contributed by atoms with E-state index in [0.29, 0.717) is 22.9 Å². The van der Waals surface area contributed by atoms with E-state index < -0.39 is 11.1 Å². The maximum atomic E-state index is 12.8. The first-order chi connectivity index (χ1) is 13.1. The summed E-state index contributed by atoms with van der Waals surface area (Å²) in [4.78, 5) is 23.6. The van der Waals surface area contributed by atoms with Crippen molar-refractivity contribution in [3.63, 3.8) is 0 Å². The van der Waals surface area contributed by atoms with Crippen LogP contribution in [0.4, 0.5) is 0 Å². The van der Waals surface area contributed by atoms with Crippen LogP contribution >= 0.6 is 11.3 Å². The van der Waals surface area contributed by atoms with Crippen molar-refractivity contribution < 1.29 is 18.1 Å². The fourth-order valence-electron chi connectivity index (χ4n) is 3.09. The quantitative estimate of drug-likeness (QED) is 0.616. The fourth-order valence-corrected chi connectivity index (χ4v) is 4.14. The molecule has 140 valence electrons. The molecule has 1 saturated heterocycles. The van der Waals surface area contributed by atoms with Gasteiger partial charge in [-0.25, -0.2) is 0 Å². The lowest BCUT2D eigenvalue weighted by Crippen LogP contribution is -2.38. The summed E-state index contributed by atoms with van der Waals surface area (Å²) in [5, 5.41) is 5.83. The lowest BCUT2D eigenvalue weighted by molar-refractivity contribution is 0.0566.